The quantitative estimate of drug-likeness (QED) is 0.797. The average molecular weight is 402 g/mol. The number of aromatic nitrogens is 2. The minimum atomic E-state index is -0.685. The first-order valence-corrected chi connectivity index (χ1v) is 8.79. The Labute approximate surface area is 166 Å². The van der Waals surface area contributed by atoms with Crippen LogP contribution >= 0.6 is 0 Å². The van der Waals surface area contributed by atoms with Crippen LogP contribution in [0.15, 0.2) is 32.9 Å². The molecule has 10 nitrogen and oxygen atoms in total. The fourth-order valence-electron chi connectivity index (χ4n) is 3.37. The van der Waals surface area contributed by atoms with Gasteiger partial charge in [0.25, 0.3) is 5.56 Å². The van der Waals surface area contributed by atoms with Crippen molar-refractivity contribution in [3.63, 3.8) is 0 Å². The molecule has 2 aromatic rings. The van der Waals surface area contributed by atoms with Crippen molar-refractivity contribution in [3.8, 4) is 17.4 Å². The highest BCUT2D eigenvalue weighted by atomic mass is 16.5. The van der Waals surface area contributed by atoms with Gasteiger partial charge in [0.05, 0.1) is 26.0 Å². The molecule has 1 atom stereocenters. The van der Waals surface area contributed by atoms with E-state index in [2.05, 4.69) is 5.10 Å². The van der Waals surface area contributed by atoms with E-state index in [0.29, 0.717) is 17.1 Å². The van der Waals surface area contributed by atoms with Crippen LogP contribution in [0.25, 0.3) is 0 Å². The summed E-state index contributed by atoms with van der Waals surface area (Å²) < 4.78 is 12.5. The van der Waals surface area contributed by atoms with Crippen LogP contribution < -0.4 is 20.7 Å². The summed E-state index contributed by atoms with van der Waals surface area (Å²) in [7, 11) is 5.70. The molecule has 0 aliphatic carbocycles. The molecule has 0 saturated heterocycles. The van der Waals surface area contributed by atoms with Crippen LogP contribution in [0.2, 0.25) is 0 Å². The van der Waals surface area contributed by atoms with Gasteiger partial charge in [-0.1, -0.05) is 0 Å². The predicted octanol–water partition coefficient (Wildman–Crippen LogP) is 0.504. The van der Waals surface area contributed by atoms with Crippen molar-refractivity contribution in [2.24, 2.45) is 19.2 Å². The molecule has 0 spiro atoms. The van der Waals surface area contributed by atoms with E-state index in [1.165, 1.54) is 40.2 Å². The van der Waals surface area contributed by atoms with Gasteiger partial charge in [0.15, 0.2) is 0 Å². The summed E-state index contributed by atoms with van der Waals surface area (Å²) >= 11 is 0. The highest BCUT2D eigenvalue weighted by Gasteiger charge is 2.36. The maximum absolute atomic E-state index is 12.6. The van der Waals surface area contributed by atoms with E-state index < -0.39 is 23.2 Å². The second-order valence-corrected chi connectivity index (χ2v) is 6.64. The summed E-state index contributed by atoms with van der Waals surface area (Å²) in [5, 5.41) is 16.0. The molecule has 0 saturated carbocycles. The van der Waals surface area contributed by atoms with Crippen LogP contribution in [-0.4, -0.2) is 45.1 Å². The molecule has 154 valence electrons. The van der Waals surface area contributed by atoms with Crippen molar-refractivity contribution >= 4 is 11.6 Å². The Kier molecular flexibility index (Phi) is 5.19. The van der Waals surface area contributed by atoms with Gasteiger partial charge in [-0.2, -0.15) is 5.10 Å². The predicted molar refractivity (Wildman–Crippen MR) is 105 cm³/mol. The molecule has 3 rings (SSSR count). The average Bonchev–Trinajstić information content (AvgIpc) is 3.15. The number of nitrogens with zero attached hydrogens (tertiary/aromatic N) is 4. The third-order valence-electron chi connectivity index (χ3n) is 4.95. The van der Waals surface area contributed by atoms with E-state index in [9.17, 15) is 19.5 Å². The first-order valence-electron chi connectivity index (χ1n) is 8.79. The maximum atomic E-state index is 12.6. The van der Waals surface area contributed by atoms with Gasteiger partial charge >= 0.3 is 5.69 Å². The molecule has 0 fully saturated rings. The first kappa shape index (κ1) is 20.2. The summed E-state index contributed by atoms with van der Waals surface area (Å²) in [6.45, 7) is 1.36. The molecule has 1 aromatic carbocycles. The molecule has 2 heterocycles. The fourth-order valence-corrected chi connectivity index (χ4v) is 3.37. The van der Waals surface area contributed by atoms with Crippen LogP contribution in [0.5, 0.6) is 17.4 Å². The minimum absolute atomic E-state index is 0.115. The number of carbonyl (C=O) groups excluding carboxylic acids is 1. The Morgan fingerprint density at radius 1 is 1.17 bits per heavy atom. The number of benzene rings is 1. The van der Waals surface area contributed by atoms with Gasteiger partial charge in [-0.05, 0) is 12.1 Å². The number of hydrazone groups is 1. The number of methoxy groups -OCH3 is 2. The normalized spacial score (nSPS) is 16.0. The number of rotatable bonds is 4. The second kappa shape index (κ2) is 7.46. The van der Waals surface area contributed by atoms with E-state index in [1.807, 2.05) is 0 Å². The molecule has 0 radical (unpaired) electrons. The number of ether oxygens (including phenoxy) is 2. The summed E-state index contributed by atoms with van der Waals surface area (Å²) in [6.07, 6.45) is 0.156. The Hall–Kier alpha value is -3.56. The molecule has 10 heteroatoms. The first-order chi connectivity index (χ1) is 13.7. The highest BCUT2D eigenvalue weighted by molar-refractivity contribution is 6.04. The number of hydrogen-bond acceptors (Lipinski definition) is 7. The zero-order valence-corrected chi connectivity index (χ0v) is 16.8. The van der Waals surface area contributed by atoms with Crippen molar-refractivity contribution in [1.29, 1.82) is 0 Å². The zero-order valence-electron chi connectivity index (χ0n) is 16.8. The molecular formula is C19H22N4O6. The monoisotopic (exact) mass is 402 g/mol. The van der Waals surface area contributed by atoms with Crippen LogP contribution in [0.3, 0.4) is 0 Å². The summed E-state index contributed by atoms with van der Waals surface area (Å²) in [4.78, 5) is 36.9. The molecule has 0 bridgehead atoms. The second-order valence-electron chi connectivity index (χ2n) is 6.64. The summed E-state index contributed by atoms with van der Waals surface area (Å²) in [6, 6.07) is 4.63. The summed E-state index contributed by atoms with van der Waals surface area (Å²) in [5.41, 5.74) is -0.585. The number of amides is 1. The van der Waals surface area contributed by atoms with Crippen LogP contribution in [0, 0.1) is 0 Å². The van der Waals surface area contributed by atoms with Gasteiger partial charge in [-0.3, -0.25) is 18.7 Å². The number of hydrogen-bond donors (Lipinski definition) is 1. The topological polar surface area (TPSA) is 115 Å². The van der Waals surface area contributed by atoms with E-state index in [0.717, 1.165) is 9.13 Å². The van der Waals surface area contributed by atoms with Gasteiger partial charge in [0, 0.05) is 39.1 Å². The minimum Gasteiger partial charge on any atom is -0.497 e. The Morgan fingerprint density at radius 2 is 1.86 bits per heavy atom. The Bertz CT molecular complexity index is 1130. The van der Waals surface area contributed by atoms with Crippen molar-refractivity contribution in [2.75, 3.05) is 14.2 Å². The number of carbonyl (C=O) groups is 1. The van der Waals surface area contributed by atoms with Gasteiger partial charge in [0.2, 0.25) is 11.8 Å². The van der Waals surface area contributed by atoms with Gasteiger partial charge in [-0.25, -0.2) is 9.80 Å². The molecule has 1 amide bonds. The smallest absolute Gasteiger partial charge is 0.333 e. The van der Waals surface area contributed by atoms with Crippen LogP contribution in [-0.2, 0) is 18.9 Å². The fraction of sp³-hybridized carbons (Fsp3) is 0.368. The van der Waals surface area contributed by atoms with Crippen LogP contribution in [0.4, 0.5) is 0 Å². The SMILES string of the molecule is COc1ccc([C@@H]2CC(c3c(O)n(C)c(=O)n(C)c3=O)=NN2C(C)=O)c(OC)c1. The zero-order chi connectivity index (χ0) is 21.5. The lowest BCUT2D eigenvalue weighted by Crippen LogP contribution is -2.39. The number of aromatic hydroxyl groups is 1. The van der Waals surface area contributed by atoms with Crippen LogP contribution in [0.1, 0.15) is 30.5 Å². The van der Waals surface area contributed by atoms with Crippen molar-refractivity contribution in [2.45, 2.75) is 19.4 Å². The van der Waals surface area contributed by atoms with Gasteiger partial charge < -0.3 is 14.6 Å². The molecule has 1 N–H and O–H groups in total. The Balaban J connectivity index is 2.14. The Morgan fingerprint density at radius 3 is 2.45 bits per heavy atom. The maximum Gasteiger partial charge on any atom is 0.333 e. The largest absolute Gasteiger partial charge is 0.497 e. The standard InChI is InChI=1S/C19H22N4O6/c1-10(24)23-14(12-7-6-11(28-4)8-15(12)29-5)9-13(20-23)16-17(25)21(2)19(27)22(3)18(16)26/h6-8,14,25H,9H2,1-5H3/t14-/m0/s1. The van der Waals surface area contributed by atoms with E-state index in [1.54, 1.807) is 18.2 Å². The molecular weight excluding hydrogens is 380 g/mol. The molecule has 1 aliphatic rings. The van der Waals surface area contributed by atoms with Crippen molar-refractivity contribution in [1.82, 2.24) is 14.1 Å². The molecule has 1 aromatic heterocycles. The molecule has 0 unspecified atom stereocenters. The van der Waals surface area contributed by atoms with Crippen molar-refractivity contribution < 1.29 is 19.4 Å². The summed E-state index contributed by atoms with van der Waals surface area (Å²) in [5.74, 6) is 0.241. The van der Waals surface area contributed by atoms with E-state index in [-0.39, 0.29) is 23.6 Å². The third-order valence-corrected chi connectivity index (χ3v) is 4.95. The van der Waals surface area contributed by atoms with Crippen molar-refractivity contribution in [3.05, 3.63) is 50.2 Å². The molecule has 1 aliphatic heterocycles. The third kappa shape index (κ3) is 3.26. The molecule has 29 heavy (non-hydrogen) atoms. The lowest BCUT2D eigenvalue weighted by Gasteiger charge is -2.22. The lowest BCUT2D eigenvalue weighted by molar-refractivity contribution is -0.130. The van der Waals surface area contributed by atoms with E-state index >= 15 is 0 Å². The van der Waals surface area contributed by atoms with Gasteiger partial charge in [0.1, 0.15) is 17.1 Å². The van der Waals surface area contributed by atoms with E-state index in [4.69, 9.17) is 9.47 Å². The lowest BCUT2D eigenvalue weighted by atomic mass is 9.98. The van der Waals surface area contributed by atoms with Gasteiger partial charge in [-0.15, -0.1) is 0 Å². The highest BCUT2D eigenvalue weighted by Crippen LogP contribution is 2.39.